The lowest BCUT2D eigenvalue weighted by molar-refractivity contribution is -0.130. The number of thioether (sulfide) groups is 1. The molecule has 1 amide bonds. The predicted octanol–water partition coefficient (Wildman–Crippen LogP) is 2.97. The van der Waals surface area contributed by atoms with E-state index >= 15 is 0 Å². The molecule has 9 heteroatoms. The molecule has 3 aromatic rings. The first-order chi connectivity index (χ1) is 16.6. The second kappa shape index (κ2) is 11.1. The number of anilines is 1. The second-order valence-electron chi connectivity index (χ2n) is 7.90. The quantitative estimate of drug-likeness (QED) is 0.392. The second-order valence-corrected chi connectivity index (χ2v) is 8.86. The normalized spacial score (nSPS) is 13.6. The van der Waals surface area contributed by atoms with Crippen LogP contribution in [0, 0.1) is 0 Å². The number of methoxy groups -OCH3 is 2. The molecule has 178 valence electrons. The molecule has 1 N–H and O–H groups in total. The van der Waals surface area contributed by atoms with Crippen LogP contribution < -0.4 is 19.9 Å². The molecule has 1 aliphatic rings. The Balaban J connectivity index is 1.35. The van der Waals surface area contributed by atoms with Crippen LogP contribution in [0.3, 0.4) is 0 Å². The van der Waals surface area contributed by atoms with E-state index in [2.05, 4.69) is 14.9 Å². The minimum absolute atomic E-state index is 0.0264. The van der Waals surface area contributed by atoms with Gasteiger partial charge >= 0.3 is 0 Å². The van der Waals surface area contributed by atoms with Gasteiger partial charge in [0.05, 0.1) is 32.0 Å². The molecule has 0 unspecified atom stereocenters. The first kappa shape index (κ1) is 23.7. The number of H-pyrrole nitrogens is 1. The van der Waals surface area contributed by atoms with Gasteiger partial charge < -0.3 is 24.3 Å². The minimum Gasteiger partial charge on any atom is -0.497 e. The number of ether oxygens (including phenoxy) is 2. The number of nitrogens with zero attached hydrogens (tertiary/aromatic N) is 3. The standard InChI is InChI=1S/C25H28N4O4S/c1-32-20-7-5-6-18(14-20)17-34-25-26-19(15-23(30)27-25)16-24(31)29-12-10-28(11-13-29)21-8-3-4-9-22(21)33-2/h3-9,14-15H,10-13,16-17H2,1-2H3,(H,26,27,30). The van der Waals surface area contributed by atoms with Crippen molar-refractivity contribution in [2.45, 2.75) is 17.3 Å². The predicted molar refractivity (Wildman–Crippen MR) is 133 cm³/mol. The Bertz CT molecular complexity index is 1190. The van der Waals surface area contributed by atoms with Gasteiger partial charge in [0.25, 0.3) is 5.56 Å². The highest BCUT2D eigenvalue weighted by atomic mass is 32.2. The highest BCUT2D eigenvalue weighted by Gasteiger charge is 2.23. The van der Waals surface area contributed by atoms with Crippen molar-refractivity contribution >= 4 is 23.4 Å². The third-order valence-electron chi connectivity index (χ3n) is 5.67. The van der Waals surface area contributed by atoms with E-state index in [-0.39, 0.29) is 17.9 Å². The molecule has 34 heavy (non-hydrogen) atoms. The van der Waals surface area contributed by atoms with Crippen molar-refractivity contribution in [3.05, 3.63) is 76.2 Å². The zero-order valence-electron chi connectivity index (χ0n) is 19.3. The molecule has 8 nitrogen and oxygen atoms in total. The molecule has 0 aliphatic carbocycles. The van der Waals surface area contributed by atoms with Gasteiger partial charge in [-0.25, -0.2) is 4.98 Å². The van der Waals surface area contributed by atoms with Crippen LogP contribution in [-0.4, -0.2) is 61.2 Å². The zero-order valence-corrected chi connectivity index (χ0v) is 20.1. The third kappa shape index (κ3) is 5.91. The molecular weight excluding hydrogens is 452 g/mol. The summed E-state index contributed by atoms with van der Waals surface area (Å²) < 4.78 is 10.7. The molecule has 2 aromatic carbocycles. The van der Waals surface area contributed by atoms with Crippen LogP contribution in [0.1, 0.15) is 11.3 Å². The molecule has 0 radical (unpaired) electrons. The molecule has 2 heterocycles. The van der Waals surface area contributed by atoms with E-state index in [1.165, 1.54) is 17.8 Å². The summed E-state index contributed by atoms with van der Waals surface area (Å²) in [6.45, 7) is 2.65. The fraction of sp³-hybridized carbons (Fsp3) is 0.320. The Labute approximate surface area is 202 Å². The fourth-order valence-corrected chi connectivity index (χ4v) is 4.75. The van der Waals surface area contributed by atoms with Crippen molar-refractivity contribution < 1.29 is 14.3 Å². The largest absolute Gasteiger partial charge is 0.497 e. The van der Waals surface area contributed by atoms with Gasteiger partial charge in [0.1, 0.15) is 11.5 Å². The van der Waals surface area contributed by atoms with Crippen molar-refractivity contribution in [3.63, 3.8) is 0 Å². The molecule has 1 saturated heterocycles. The topological polar surface area (TPSA) is 87.8 Å². The summed E-state index contributed by atoms with van der Waals surface area (Å²) in [5, 5.41) is 0.499. The number of hydrogen-bond acceptors (Lipinski definition) is 7. The Hall–Kier alpha value is -3.46. The number of hydrogen-bond donors (Lipinski definition) is 1. The van der Waals surface area contributed by atoms with Crippen LogP contribution >= 0.6 is 11.8 Å². The zero-order chi connectivity index (χ0) is 23.9. The number of para-hydroxylation sites is 2. The van der Waals surface area contributed by atoms with Gasteiger partial charge in [0.15, 0.2) is 5.16 Å². The van der Waals surface area contributed by atoms with Gasteiger partial charge in [-0.2, -0.15) is 0 Å². The minimum atomic E-state index is -0.257. The van der Waals surface area contributed by atoms with Gasteiger partial charge in [-0.15, -0.1) is 0 Å². The number of carbonyl (C=O) groups excluding carboxylic acids is 1. The van der Waals surface area contributed by atoms with Gasteiger partial charge in [-0.3, -0.25) is 9.59 Å². The molecule has 0 spiro atoms. The molecular formula is C25H28N4O4S. The SMILES string of the molecule is COc1cccc(CSc2nc(CC(=O)N3CCN(c4ccccc4OC)CC3)cc(=O)[nH]2)c1. The lowest BCUT2D eigenvalue weighted by Gasteiger charge is -2.36. The molecule has 0 saturated carbocycles. The Kier molecular flexibility index (Phi) is 7.74. The summed E-state index contributed by atoms with van der Waals surface area (Å²) in [5.74, 6) is 2.21. The van der Waals surface area contributed by atoms with Crippen LogP contribution in [0.4, 0.5) is 5.69 Å². The maximum atomic E-state index is 12.9. The summed E-state index contributed by atoms with van der Waals surface area (Å²) in [7, 11) is 3.29. The summed E-state index contributed by atoms with van der Waals surface area (Å²) in [4.78, 5) is 36.4. The van der Waals surface area contributed by atoms with Crippen LogP contribution in [0.15, 0.2) is 64.5 Å². The first-order valence-electron chi connectivity index (χ1n) is 11.1. The third-order valence-corrected chi connectivity index (χ3v) is 6.62. The van der Waals surface area contributed by atoms with Crippen molar-refractivity contribution in [1.82, 2.24) is 14.9 Å². The fourth-order valence-electron chi connectivity index (χ4n) is 3.91. The summed E-state index contributed by atoms with van der Waals surface area (Å²) in [6, 6.07) is 17.0. The Morgan fingerprint density at radius 2 is 1.82 bits per heavy atom. The van der Waals surface area contributed by atoms with Gasteiger partial charge in [0.2, 0.25) is 5.91 Å². The molecule has 0 atom stereocenters. The van der Waals surface area contributed by atoms with E-state index in [4.69, 9.17) is 9.47 Å². The maximum Gasteiger partial charge on any atom is 0.251 e. The number of aromatic nitrogens is 2. The number of nitrogens with one attached hydrogen (secondary N) is 1. The average molecular weight is 481 g/mol. The van der Waals surface area contributed by atoms with Crippen LogP contribution in [0.2, 0.25) is 0 Å². The van der Waals surface area contributed by atoms with Crippen molar-refractivity contribution in [1.29, 1.82) is 0 Å². The van der Waals surface area contributed by atoms with Crippen LogP contribution in [0.5, 0.6) is 11.5 Å². The van der Waals surface area contributed by atoms with Gasteiger partial charge in [-0.05, 0) is 29.8 Å². The Morgan fingerprint density at radius 1 is 1.03 bits per heavy atom. The van der Waals surface area contributed by atoms with Crippen molar-refractivity contribution in [2.24, 2.45) is 0 Å². The van der Waals surface area contributed by atoms with E-state index in [1.807, 2.05) is 53.4 Å². The van der Waals surface area contributed by atoms with Crippen molar-refractivity contribution in [3.8, 4) is 11.5 Å². The van der Waals surface area contributed by atoms with Crippen molar-refractivity contribution in [2.75, 3.05) is 45.3 Å². The average Bonchev–Trinajstić information content (AvgIpc) is 2.87. The lowest BCUT2D eigenvalue weighted by atomic mass is 10.2. The van der Waals surface area contributed by atoms with Gasteiger partial charge in [-0.1, -0.05) is 36.0 Å². The number of rotatable bonds is 8. The van der Waals surface area contributed by atoms with E-state index in [0.717, 1.165) is 35.8 Å². The summed E-state index contributed by atoms with van der Waals surface area (Å²) >= 11 is 1.42. The van der Waals surface area contributed by atoms with E-state index in [0.29, 0.717) is 29.7 Å². The first-order valence-corrected chi connectivity index (χ1v) is 12.1. The highest BCUT2D eigenvalue weighted by molar-refractivity contribution is 7.98. The summed E-state index contributed by atoms with van der Waals surface area (Å²) in [6.07, 6.45) is 0.102. The molecule has 1 fully saturated rings. The maximum absolute atomic E-state index is 12.9. The molecule has 1 aliphatic heterocycles. The number of piperazine rings is 1. The van der Waals surface area contributed by atoms with E-state index < -0.39 is 0 Å². The Morgan fingerprint density at radius 3 is 2.59 bits per heavy atom. The smallest absolute Gasteiger partial charge is 0.251 e. The summed E-state index contributed by atoms with van der Waals surface area (Å²) in [5.41, 5.74) is 2.31. The number of amides is 1. The van der Waals surface area contributed by atoms with Crippen LogP contribution in [0.25, 0.3) is 0 Å². The monoisotopic (exact) mass is 480 g/mol. The van der Waals surface area contributed by atoms with Crippen LogP contribution in [-0.2, 0) is 17.0 Å². The molecule has 1 aromatic heterocycles. The lowest BCUT2D eigenvalue weighted by Crippen LogP contribution is -2.49. The number of aromatic amines is 1. The highest BCUT2D eigenvalue weighted by Crippen LogP contribution is 2.28. The van der Waals surface area contributed by atoms with E-state index in [9.17, 15) is 9.59 Å². The number of carbonyl (C=O) groups is 1. The molecule has 0 bridgehead atoms. The van der Waals surface area contributed by atoms with Gasteiger partial charge in [0, 0.05) is 38.0 Å². The molecule has 4 rings (SSSR count). The van der Waals surface area contributed by atoms with E-state index in [1.54, 1.807) is 14.2 Å². The number of benzene rings is 2.